The Morgan fingerprint density at radius 3 is 2.31 bits per heavy atom. The predicted molar refractivity (Wildman–Crippen MR) is 108 cm³/mol. The van der Waals surface area contributed by atoms with Crippen molar-refractivity contribution >= 4 is 27.7 Å². The maximum atomic E-state index is 12.6. The lowest BCUT2D eigenvalue weighted by Gasteiger charge is -2.33. The van der Waals surface area contributed by atoms with Crippen LogP contribution in [0.4, 0.5) is 0 Å². The third-order valence-electron chi connectivity index (χ3n) is 4.73. The standard InChI is InChI=1S/C20H30BrN3O2/c1-20(2,14-23(3)4)13-22-18(25)15-9-11-24(12-10-15)19(26)16-5-7-17(21)8-6-16/h5-8,15H,9-14H2,1-4H3,(H,22,25). The van der Waals surface area contributed by atoms with E-state index < -0.39 is 0 Å². The molecule has 0 aromatic heterocycles. The van der Waals surface area contributed by atoms with Gasteiger partial charge < -0.3 is 15.1 Å². The molecule has 0 saturated carbocycles. The van der Waals surface area contributed by atoms with E-state index in [0.29, 0.717) is 25.2 Å². The Hall–Kier alpha value is -1.40. The van der Waals surface area contributed by atoms with Crippen LogP contribution in [0.25, 0.3) is 0 Å². The Morgan fingerprint density at radius 2 is 1.77 bits per heavy atom. The lowest BCUT2D eigenvalue weighted by Crippen LogP contribution is -2.46. The normalized spacial score (nSPS) is 16.0. The molecule has 26 heavy (non-hydrogen) atoms. The van der Waals surface area contributed by atoms with Crippen molar-refractivity contribution in [3.8, 4) is 0 Å². The second-order valence-corrected chi connectivity index (χ2v) is 9.11. The molecule has 1 aromatic rings. The van der Waals surface area contributed by atoms with Crippen molar-refractivity contribution in [2.75, 3.05) is 40.3 Å². The Bertz CT molecular complexity index is 620. The number of carbonyl (C=O) groups excluding carboxylic acids is 2. The number of rotatable bonds is 6. The van der Waals surface area contributed by atoms with E-state index in [-0.39, 0.29) is 23.1 Å². The van der Waals surface area contributed by atoms with Crippen LogP contribution in [0.2, 0.25) is 0 Å². The summed E-state index contributed by atoms with van der Waals surface area (Å²) < 4.78 is 0.960. The SMILES string of the molecule is CN(C)CC(C)(C)CNC(=O)C1CCN(C(=O)c2ccc(Br)cc2)CC1. The van der Waals surface area contributed by atoms with Crippen LogP contribution < -0.4 is 5.32 Å². The average molecular weight is 424 g/mol. The van der Waals surface area contributed by atoms with E-state index in [9.17, 15) is 9.59 Å². The summed E-state index contributed by atoms with van der Waals surface area (Å²) >= 11 is 3.38. The Morgan fingerprint density at radius 1 is 1.19 bits per heavy atom. The number of benzene rings is 1. The van der Waals surface area contributed by atoms with E-state index in [1.807, 2.05) is 43.3 Å². The zero-order chi connectivity index (χ0) is 19.3. The average Bonchev–Trinajstić information content (AvgIpc) is 2.59. The summed E-state index contributed by atoms with van der Waals surface area (Å²) in [5, 5.41) is 3.11. The number of halogens is 1. The fraction of sp³-hybridized carbons (Fsp3) is 0.600. The summed E-state index contributed by atoms with van der Waals surface area (Å²) in [7, 11) is 4.09. The van der Waals surface area contributed by atoms with Gasteiger partial charge in [0.2, 0.25) is 5.91 Å². The summed E-state index contributed by atoms with van der Waals surface area (Å²) in [6, 6.07) is 7.42. The third-order valence-corrected chi connectivity index (χ3v) is 5.26. The van der Waals surface area contributed by atoms with E-state index in [1.54, 1.807) is 0 Å². The molecular weight excluding hydrogens is 394 g/mol. The molecule has 0 atom stereocenters. The minimum Gasteiger partial charge on any atom is -0.355 e. The minimum atomic E-state index is -0.000811. The monoisotopic (exact) mass is 423 g/mol. The number of hydrogen-bond donors (Lipinski definition) is 1. The number of nitrogens with one attached hydrogen (secondary N) is 1. The summed E-state index contributed by atoms with van der Waals surface area (Å²) in [6.45, 7) is 7.18. The van der Waals surface area contributed by atoms with E-state index in [4.69, 9.17) is 0 Å². The zero-order valence-electron chi connectivity index (χ0n) is 16.2. The van der Waals surface area contributed by atoms with Crippen LogP contribution in [0.5, 0.6) is 0 Å². The van der Waals surface area contributed by atoms with Gasteiger partial charge >= 0.3 is 0 Å². The first-order chi connectivity index (χ1) is 12.2. The van der Waals surface area contributed by atoms with Crippen LogP contribution in [0, 0.1) is 11.3 Å². The van der Waals surface area contributed by atoms with Crippen molar-refractivity contribution in [3.63, 3.8) is 0 Å². The number of likely N-dealkylation sites (tertiary alicyclic amines) is 1. The van der Waals surface area contributed by atoms with E-state index in [2.05, 4.69) is 40.0 Å². The first-order valence-corrected chi connectivity index (χ1v) is 9.94. The quantitative estimate of drug-likeness (QED) is 0.764. The molecule has 2 amide bonds. The third kappa shape index (κ3) is 6.09. The van der Waals surface area contributed by atoms with Crippen molar-refractivity contribution < 1.29 is 9.59 Å². The first-order valence-electron chi connectivity index (χ1n) is 9.15. The number of carbonyl (C=O) groups is 2. The second kappa shape index (κ2) is 9.00. The van der Waals surface area contributed by atoms with Gasteiger partial charge in [0.05, 0.1) is 0 Å². The summed E-state index contributed by atoms with van der Waals surface area (Å²) in [5.74, 6) is 0.162. The van der Waals surface area contributed by atoms with E-state index >= 15 is 0 Å². The highest BCUT2D eigenvalue weighted by Crippen LogP contribution is 2.21. The highest BCUT2D eigenvalue weighted by atomic mass is 79.9. The van der Waals surface area contributed by atoms with Crippen molar-refractivity contribution in [1.29, 1.82) is 0 Å². The molecule has 2 rings (SSSR count). The number of piperidine rings is 1. The lowest BCUT2D eigenvalue weighted by molar-refractivity contribution is -0.126. The van der Waals surface area contributed by atoms with Crippen LogP contribution in [0.15, 0.2) is 28.7 Å². The molecule has 1 aliphatic rings. The van der Waals surface area contributed by atoms with Crippen LogP contribution in [-0.4, -0.2) is 61.9 Å². The Balaban J connectivity index is 1.81. The summed E-state index contributed by atoms with van der Waals surface area (Å²) in [5.41, 5.74) is 0.735. The van der Waals surface area contributed by atoms with Gasteiger partial charge in [0.25, 0.3) is 5.91 Å². The fourth-order valence-corrected chi connectivity index (χ4v) is 3.77. The lowest BCUT2D eigenvalue weighted by atomic mass is 9.91. The molecule has 0 spiro atoms. The van der Waals surface area contributed by atoms with Crippen LogP contribution >= 0.6 is 15.9 Å². The molecule has 1 N–H and O–H groups in total. The van der Waals surface area contributed by atoms with Crippen molar-refractivity contribution in [2.24, 2.45) is 11.3 Å². The summed E-state index contributed by atoms with van der Waals surface area (Å²) in [4.78, 5) is 29.0. The van der Waals surface area contributed by atoms with Gasteiger partial charge in [0.1, 0.15) is 0 Å². The van der Waals surface area contributed by atoms with Crippen molar-refractivity contribution in [3.05, 3.63) is 34.3 Å². The van der Waals surface area contributed by atoms with Gasteiger partial charge in [-0.15, -0.1) is 0 Å². The number of hydrogen-bond acceptors (Lipinski definition) is 3. The van der Waals surface area contributed by atoms with E-state index in [1.165, 1.54) is 0 Å². The number of nitrogens with zero attached hydrogens (tertiary/aromatic N) is 2. The highest BCUT2D eigenvalue weighted by Gasteiger charge is 2.29. The smallest absolute Gasteiger partial charge is 0.253 e. The van der Waals surface area contributed by atoms with Gasteiger partial charge in [-0.1, -0.05) is 29.8 Å². The molecule has 6 heteroatoms. The van der Waals surface area contributed by atoms with Gasteiger partial charge in [-0.3, -0.25) is 9.59 Å². The predicted octanol–water partition coefficient (Wildman–Crippen LogP) is 3.01. The fourth-order valence-electron chi connectivity index (χ4n) is 3.50. The minimum absolute atomic E-state index is 0.000811. The number of amides is 2. The largest absolute Gasteiger partial charge is 0.355 e. The summed E-state index contributed by atoms with van der Waals surface area (Å²) in [6.07, 6.45) is 1.45. The molecule has 0 unspecified atom stereocenters. The highest BCUT2D eigenvalue weighted by molar-refractivity contribution is 9.10. The zero-order valence-corrected chi connectivity index (χ0v) is 17.8. The Kier molecular flexibility index (Phi) is 7.24. The molecule has 1 aromatic carbocycles. The molecule has 144 valence electrons. The first kappa shape index (κ1) is 20.9. The van der Waals surface area contributed by atoms with Gasteiger partial charge in [-0.25, -0.2) is 0 Å². The molecule has 1 fully saturated rings. The second-order valence-electron chi connectivity index (χ2n) is 8.19. The molecule has 1 heterocycles. The van der Waals surface area contributed by atoms with Crippen LogP contribution in [-0.2, 0) is 4.79 Å². The molecule has 1 saturated heterocycles. The Labute approximate surface area is 165 Å². The maximum Gasteiger partial charge on any atom is 0.253 e. The molecule has 0 aliphatic carbocycles. The molecule has 0 bridgehead atoms. The molecule has 5 nitrogen and oxygen atoms in total. The van der Waals surface area contributed by atoms with Crippen molar-refractivity contribution in [2.45, 2.75) is 26.7 Å². The van der Waals surface area contributed by atoms with Crippen LogP contribution in [0.1, 0.15) is 37.0 Å². The van der Waals surface area contributed by atoms with Gasteiger partial charge in [-0.05, 0) is 56.6 Å². The van der Waals surface area contributed by atoms with Crippen molar-refractivity contribution in [1.82, 2.24) is 15.1 Å². The van der Waals surface area contributed by atoms with Gasteiger partial charge in [0, 0.05) is 42.1 Å². The van der Waals surface area contributed by atoms with E-state index in [0.717, 1.165) is 23.9 Å². The molecule has 0 radical (unpaired) electrons. The van der Waals surface area contributed by atoms with Gasteiger partial charge in [0.15, 0.2) is 0 Å². The molecular formula is C20H30BrN3O2. The maximum absolute atomic E-state index is 12.6. The molecule has 1 aliphatic heterocycles. The van der Waals surface area contributed by atoms with Crippen LogP contribution in [0.3, 0.4) is 0 Å². The topological polar surface area (TPSA) is 52.7 Å². The van der Waals surface area contributed by atoms with Gasteiger partial charge in [-0.2, -0.15) is 0 Å².